The fraction of sp³-hybridized carbons (Fsp3) is 0. The third-order valence-corrected chi connectivity index (χ3v) is 7.15. The van der Waals surface area contributed by atoms with Crippen molar-refractivity contribution < 1.29 is 0 Å². The number of nitrogen functional groups attached to an aromatic ring is 2. The highest BCUT2D eigenvalue weighted by molar-refractivity contribution is 6.09. The van der Waals surface area contributed by atoms with Gasteiger partial charge in [0, 0.05) is 28.2 Å². The van der Waals surface area contributed by atoms with Gasteiger partial charge < -0.3 is 16.0 Å². The van der Waals surface area contributed by atoms with Gasteiger partial charge in [-0.3, -0.25) is 4.57 Å². The minimum Gasteiger partial charge on any atom is -0.396 e. The molecule has 0 saturated heterocycles. The van der Waals surface area contributed by atoms with E-state index < -0.39 is 0 Å². The molecule has 0 aliphatic heterocycles. The maximum absolute atomic E-state index is 7.02. The van der Waals surface area contributed by atoms with Gasteiger partial charge in [-0.2, -0.15) is 0 Å². The number of hydrogen-bond acceptors (Lipinski definition) is 3. The lowest BCUT2D eigenvalue weighted by Gasteiger charge is -2.17. The first-order valence-corrected chi connectivity index (χ1v) is 12.6. The average molecular weight is 492 g/mol. The zero-order chi connectivity index (χ0) is 25.6. The van der Waals surface area contributed by atoms with E-state index in [1.165, 1.54) is 0 Å². The lowest BCUT2D eigenvalue weighted by molar-refractivity contribution is 1.03. The Morgan fingerprint density at radius 2 is 1.03 bits per heavy atom. The number of fused-ring (bicyclic) bond motifs is 2. The van der Waals surface area contributed by atoms with Crippen LogP contribution >= 0.6 is 0 Å². The van der Waals surface area contributed by atoms with E-state index in [2.05, 4.69) is 63.7 Å². The number of benzene rings is 4. The first-order valence-electron chi connectivity index (χ1n) is 12.6. The van der Waals surface area contributed by atoms with Crippen LogP contribution < -0.4 is 11.5 Å². The Balaban J connectivity index is 1.66. The number of anilines is 2. The van der Waals surface area contributed by atoms with E-state index in [0.29, 0.717) is 11.4 Å². The molecule has 3 aromatic heterocycles. The van der Waals surface area contributed by atoms with E-state index in [9.17, 15) is 0 Å². The van der Waals surface area contributed by atoms with Crippen molar-refractivity contribution >= 4 is 33.2 Å². The fourth-order valence-corrected chi connectivity index (χ4v) is 5.48. The summed E-state index contributed by atoms with van der Waals surface area (Å²) in [5.41, 5.74) is 22.1. The summed E-state index contributed by atoms with van der Waals surface area (Å²) < 4.78 is 4.37. The van der Waals surface area contributed by atoms with Gasteiger partial charge in [0.05, 0.1) is 33.8 Å². The van der Waals surface area contributed by atoms with Gasteiger partial charge in [0.25, 0.3) is 0 Å². The Labute approximate surface area is 220 Å². The molecule has 0 bridgehead atoms. The summed E-state index contributed by atoms with van der Waals surface area (Å²) in [6.07, 6.45) is 1.83. The van der Waals surface area contributed by atoms with Crippen LogP contribution in [-0.2, 0) is 0 Å². The number of nitrogens with zero attached hydrogens (tertiary/aromatic N) is 3. The van der Waals surface area contributed by atoms with Gasteiger partial charge in [-0.15, -0.1) is 0 Å². The van der Waals surface area contributed by atoms with Crippen LogP contribution in [0.4, 0.5) is 11.4 Å². The van der Waals surface area contributed by atoms with Crippen molar-refractivity contribution in [2.24, 2.45) is 0 Å². The quantitative estimate of drug-likeness (QED) is 0.268. The molecule has 0 saturated carbocycles. The standard InChI is InChI=1S/C33H25N5/c34-29-25-16-7-9-19-27(25)37(23-14-5-2-6-15-23)31(29)32-30(35)26-17-8-10-20-28(26)38(32)33-24(18-11-21-36-33)22-12-3-1-4-13-22/h1-21H,34-35H2. The molecule has 182 valence electrons. The monoisotopic (exact) mass is 491 g/mol. The summed E-state index contributed by atoms with van der Waals surface area (Å²) in [6, 6.07) is 41.1. The van der Waals surface area contributed by atoms with Crippen molar-refractivity contribution in [2.45, 2.75) is 0 Å². The van der Waals surface area contributed by atoms with Gasteiger partial charge in [-0.25, -0.2) is 4.98 Å². The first-order chi connectivity index (χ1) is 18.7. The maximum Gasteiger partial charge on any atom is 0.145 e. The summed E-state index contributed by atoms with van der Waals surface area (Å²) in [7, 11) is 0. The van der Waals surface area contributed by atoms with Crippen LogP contribution in [-0.4, -0.2) is 14.1 Å². The largest absolute Gasteiger partial charge is 0.396 e. The molecular formula is C33H25N5. The van der Waals surface area contributed by atoms with Gasteiger partial charge in [0.15, 0.2) is 0 Å². The van der Waals surface area contributed by atoms with Crippen LogP contribution in [0, 0.1) is 0 Å². The number of para-hydroxylation sites is 3. The molecule has 3 heterocycles. The van der Waals surface area contributed by atoms with E-state index in [1.54, 1.807) is 0 Å². The van der Waals surface area contributed by atoms with Gasteiger partial charge in [0.2, 0.25) is 0 Å². The van der Waals surface area contributed by atoms with Gasteiger partial charge in [0.1, 0.15) is 5.82 Å². The second-order valence-electron chi connectivity index (χ2n) is 9.31. The predicted molar refractivity (Wildman–Crippen MR) is 158 cm³/mol. The van der Waals surface area contributed by atoms with Crippen molar-refractivity contribution in [3.05, 3.63) is 128 Å². The van der Waals surface area contributed by atoms with Crippen LogP contribution in [0.1, 0.15) is 0 Å². The molecule has 0 unspecified atom stereocenters. The third-order valence-electron chi connectivity index (χ3n) is 7.15. The Bertz CT molecular complexity index is 1930. The normalized spacial score (nSPS) is 11.4. The van der Waals surface area contributed by atoms with Crippen LogP contribution in [0.3, 0.4) is 0 Å². The molecule has 0 spiro atoms. The summed E-state index contributed by atoms with van der Waals surface area (Å²) in [5.74, 6) is 0.797. The topological polar surface area (TPSA) is 74.8 Å². The second-order valence-corrected chi connectivity index (χ2v) is 9.31. The smallest absolute Gasteiger partial charge is 0.145 e. The summed E-state index contributed by atoms with van der Waals surface area (Å²) in [5, 5.41) is 1.93. The molecule has 4 N–H and O–H groups in total. The number of hydrogen-bond donors (Lipinski definition) is 2. The number of aromatic nitrogens is 3. The zero-order valence-corrected chi connectivity index (χ0v) is 20.6. The Hall–Kier alpha value is -5.29. The SMILES string of the molecule is Nc1c(-c2c(N)c3ccccc3n2-c2ncccc2-c2ccccc2)n(-c2ccccc2)c2ccccc12. The van der Waals surface area contributed by atoms with Crippen LogP contribution in [0.15, 0.2) is 128 Å². The van der Waals surface area contributed by atoms with Crippen LogP contribution in [0.2, 0.25) is 0 Å². The molecule has 0 amide bonds. The van der Waals surface area contributed by atoms with E-state index in [1.807, 2.05) is 72.9 Å². The number of nitrogens with two attached hydrogens (primary N) is 2. The van der Waals surface area contributed by atoms with Crippen molar-refractivity contribution in [3.63, 3.8) is 0 Å². The molecule has 0 aliphatic carbocycles. The summed E-state index contributed by atoms with van der Waals surface area (Å²) in [6.45, 7) is 0. The third kappa shape index (κ3) is 3.22. The molecule has 5 heteroatoms. The van der Waals surface area contributed by atoms with Crippen molar-refractivity contribution in [1.82, 2.24) is 14.1 Å². The lowest BCUT2D eigenvalue weighted by Crippen LogP contribution is -2.07. The molecule has 5 nitrogen and oxygen atoms in total. The molecule has 0 aliphatic rings. The van der Waals surface area contributed by atoms with E-state index in [-0.39, 0.29) is 0 Å². The predicted octanol–water partition coefficient (Wildman–Crippen LogP) is 7.47. The van der Waals surface area contributed by atoms with E-state index in [4.69, 9.17) is 16.5 Å². The van der Waals surface area contributed by atoms with Crippen molar-refractivity contribution in [3.8, 4) is 34.0 Å². The highest BCUT2D eigenvalue weighted by Crippen LogP contribution is 2.46. The zero-order valence-electron chi connectivity index (χ0n) is 20.6. The van der Waals surface area contributed by atoms with Gasteiger partial charge in [-0.1, -0.05) is 84.9 Å². The average Bonchev–Trinajstić information content (AvgIpc) is 3.44. The molecule has 38 heavy (non-hydrogen) atoms. The fourth-order valence-electron chi connectivity index (χ4n) is 5.48. The van der Waals surface area contributed by atoms with Crippen molar-refractivity contribution in [2.75, 3.05) is 11.5 Å². The minimum absolute atomic E-state index is 0.664. The molecule has 4 aromatic carbocycles. The Kier molecular flexibility index (Phi) is 5.01. The molecule has 7 rings (SSSR count). The first kappa shape index (κ1) is 21.9. The van der Waals surface area contributed by atoms with Gasteiger partial charge in [-0.05, 0) is 42.0 Å². The molecular weight excluding hydrogens is 466 g/mol. The van der Waals surface area contributed by atoms with Crippen LogP contribution in [0.25, 0.3) is 55.8 Å². The van der Waals surface area contributed by atoms with E-state index >= 15 is 0 Å². The lowest BCUT2D eigenvalue weighted by atomic mass is 10.1. The van der Waals surface area contributed by atoms with Crippen LogP contribution in [0.5, 0.6) is 0 Å². The van der Waals surface area contributed by atoms with Gasteiger partial charge >= 0.3 is 0 Å². The van der Waals surface area contributed by atoms with Crippen molar-refractivity contribution in [1.29, 1.82) is 0 Å². The maximum atomic E-state index is 7.02. The highest BCUT2D eigenvalue weighted by Gasteiger charge is 2.27. The highest BCUT2D eigenvalue weighted by atomic mass is 15.1. The number of rotatable bonds is 4. The molecule has 0 fully saturated rings. The Morgan fingerprint density at radius 1 is 0.500 bits per heavy atom. The number of pyridine rings is 1. The minimum atomic E-state index is 0.664. The molecule has 7 aromatic rings. The molecule has 0 radical (unpaired) electrons. The Morgan fingerprint density at radius 3 is 1.68 bits per heavy atom. The molecule has 0 atom stereocenters. The summed E-state index contributed by atoms with van der Waals surface area (Å²) >= 11 is 0. The summed E-state index contributed by atoms with van der Waals surface area (Å²) in [4.78, 5) is 4.92. The van der Waals surface area contributed by atoms with E-state index in [0.717, 1.165) is 55.8 Å². The second kappa shape index (κ2) is 8.68.